The monoisotopic (exact) mass is 431 g/mol. The minimum atomic E-state index is -0.578. The molecule has 3 fully saturated rings. The van der Waals surface area contributed by atoms with Crippen molar-refractivity contribution < 1.29 is 19.6 Å². The minimum Gasteiger partial charge on any atom is -0.377 e. The number of nitro groups is 1. The Balaban J connectivity index is 1.40. The van der Waals surface area contributed by atoms with Gasteiger partial charge in [0.25, 0.3) is 5.69 Å². The molecule has 2 aliphatic heterocycles. The van der Waals surface area contributed by atoms with Crippen LogP contribution in [0.2, 0.25) is 0 Å². The molecule has 0 aromatic heterocycles. The van der Waals surface area contributed by atoms with Crippen molar-refractivity contribution >= 4 is 23.2 Å². The second-order valence-electron chi connectivity index (χ2n) is 8.91. The Labute approximate surface area is 180 Å². The summed E-state index contributed by atoms with van der Waals surface area (Å²) in [6, 6.07) is 4.25. The zero-order chi connectivity index (χ0) is 22.2. The Bertz CT molecular complexity index is 879. The number of aryl methyl sites for hydroxylation is 1. The van der Waals surface area contributed by atoms with Crippen molar-refractivity contribution in [2.45, 2.75) is 32.2 Å². The number of amides is 2. The van der Waals surface area contributed by atoms with Gasteiger partial charge in [0.2, 0.25) is 11.8 Å². The number of piperazine rings is 1. The van der Waals surface area contributed by atoms with Crippen LogP contribution in [-0.4, -0.2) is 72.2 Å². The number of piperidine rings is 1. The largest absolute Gasteiger partial charge is 0.377 e. The van der Waals surface area contributed by atoms with Crippen LogP contribution in [0.15, 0.2) is 18.2 Å². The van der Waals surface area contributed by atoms with Crippen molar-refractivity contribution in [2.75, 3.05) is 44.4 Å². The Morgan fingerprint density at radius 3 is 2.58 bits per heavy atom. The van der Waals surface area contributed by atoms with Crippen molar-refractivity contribution in [3.8, 4) is 0 Å². The van der Waals surface area contributed by atoms with Gasteiger partial charge in [-0.05, 0) is 43.2 Å². The lowest BCUT2D eigenvalue weighted by molar-refractivity contribution is -0.384. The number of nitro benzene ring substituents is 1. The lowest BCUT2D eigenvalue weighted by atomic mass is 9.81. The van der Waals surface area contributed by atoms with Gasteiger partial charge in [0.1, 0.15) is 6.73 Å². The molecule has 1 aromatic carbocycles. The third-order valence-electron chi connectivity index (χ3n) is 6.89. The van der Waals surface area contributed by atoms with Gasteiger partial charge >= 0.3 is 0 Å². The number of carbonyl (C=O) groups excluding carboxylic acids is 2. The highest BCUT2D eigenvalue weighted by Crippen LogP contribution is 2.52. The molecule has 31 heavy (non-hydrogen) atoms. The van der Waals surface area contributed by atoms with Gasteiger partial charge in [-0.2, -0.15) is 0 Å². The minimum absolute atomic E-state index is 0.0686. The summed E-state index contributed by atoms with van der Waals surface area (Å²) in [5, 5.41) is 25.9. The number of nitrogens with zero attached hydrogens (tertiary/aromatic N) is 3. The second kappa shape index (κ2) is 8.43. The van der Waals surface area contributed by atoms with Gasteiger partial charge in [-0.3, -0.25) is 19.7 Å². The van der Waals surface area contributed by atoms with E-state index < -0.39 is 23.6 Å². The normalized spacial score (nSPS) is 24.7. The van der Waals surface area contributed by atoms with Gasteiger partial charge in [-0.1, -0.05) is 0 Å². The SMILES string of the molecule is Cc1cc([N+](=O)[O-])ccc1N1CCN(C(=O)C2NCC3(CC3)CC2C(=O)NCO)CC1. The number of hydrogen-bond acceptors (Lipinski definition) is 7. The maximum absolute atomic E-state index is 13.3. The lowest BCUT2D eigenvalue weighted by Gasteiger charge is -2.41. The molecule has 2 unspecified atom stereocenters. The fourth-order valence-corrected chi connectivity index (χ4v) is 4.87. The summed E-state index contributed by atoms with van der Waals surface area (Å²) in [7, 11) is 0. The first-order valence-electron chi connectivity index (χ1n) is 10.7. The second-order valence-corrected chi connectivity index (χ2v) is 8.91. The van der Waals surface area contributed by atoms with Crippen LogP contribution in [0.4, 0.5) is 11.4 Å². The van der Waals surface area contributed by atoms with Crippen molar-refractivity contribution in [3.05, 3.63) is 33.9 Å². The van der Waals surface area contributed by atoms with E-state index in [1.165, 1.54) is 6.07 Å². The molecular formula is C21H29N5O5. The smallest absolute Gasteiger partial charge is 0.269 e. The number of hydrogen-bond donors (Lipinski definition) is 3. The van der Waals surface area contributed by atoms with Crippen LogP contribution in [0.3, 0.4) is 0 Å². The molecule has 0 radical (unpaired) electrons. The zero-order valence-corrected chi connectivity index (χ0v) is 17.7. The number of carbonyl (C=O) groups is 2. The average Bonchev–Trinajstić information content (AvgIpc) is 3.52. The summed E-state index contributed by atoms with van der Waals surface area (Å²) in [4.78, 5) is 40.3. The molecule has 1 spiro atoms. The third kappa shape index (κ3) is 4.35. The van der Waals surface area contributed by atoms with E-state index >= 15 is 0 Å². The van der Waals surface area contributed by atoms with Crippen LogP contribution in [0.5, 0.6) is 0 Å². The van der Waals surface area contributed by atoms with Crippen molar-refractivity contribution in [1.29, 1.82) is 0 Å². The van der Waals surface area contributed by atoms with Crippen LogP contribution in [0, 0.1) is 28.4 Å². The van der Waals surface area contributed by atoms with E-state index in [0.29, 0.717) is 32.6 Å². The topological polar surface area (TPSA) is 128 Å². The summed E-state index contributed by atoms with van der Waals surface area (Å²) in [5.41, 5.74) is 1.96. The molecule has 2 heterocycles. The molecule has 1 aliphatic carbocycles. The molecule has 1 aromatic rings. The predicted molar refractivity (Wildman–Crippen MR) is 113 cm³/mol. The van der Waals surface area contributed by atoms with Gasteiger partial charge in [-0.25, -0.2) is 0 Å². The number of anilines is 1. The molecule has 0 bridgehead atoms. The van der Waals surface area contributed by atoms with Gasteiger partial charge < -0.3 is 25.5 Å². The van der Waals surface area contributed by atoms with E-state index in [1.54, 1.807) is 17.0 Å². The first kappa shape index (κ1) is 21.5. The molecule has 168 valence electrons. The molecule has 2 atom stereocenters. The fourth-order valence-electron chi connectivity index (χ4n) is 4.87. The van der Waals surface area contributed by atoms with E-state index in [1.807, 2.05) is 6.92 Å². The van der Waals surface area contributed by atoms with Crippen LogP contribution < -0.4 is 15.5 Å². The third-order valence-corrected chi connectivity index (χ3v) is 6.89. The molecule has 10 heteroatoms. The number of nitrogens with one attached hydrogen (secondary N) is 2. The molecule has 3 aliphatic rings. The number of rotatable bonds is 5. The maximum Gasteiger partial charge on any atom is 0.269 e. The number of non-ortho nitro benzene ring substituents is 1. The molecule has 2 saturated heterocycles. The van der Waals surface area contributed by atoms with Gasteiger partial charge in [0.05, 0.1) is 16.9 Å². The van der Waals surface area contributed by atoms with Crippen LogP contribution in [0.25, 0.3) is 0 Å². The van der Waals surface area contributed by atoms with Gasteiger partial charge in [-0.15, -0.1) is 0 Å². The number of benzene rings is 1. The Morgan fingerprint density at radius 2 is 2.00 bits per heavy atom. The Kier molecular flexibility index (Phi) is 5.85. The first-order valence-corrected chi connectivity index (χ1v) is 10.7. The summed E-state index contributed by atoms with van der Waals surface area (Å²) < 4.78 is 0. The summed E-state index contributed by atoms with van der Waals surface area (Å²) >= 11 is 0. The summed E-state index contributed by atoms with van der Waals surface area (Å²) in [6.45, 7) is 4.44. The van der Waals surface area contributed by atoms with Gasteiger partial charge in [0.15, 0.2) is 0 Å². The van der Waals surface area contributed by atoms with E-state index in [2.05, 4.69) is 15.5 Å². The van der Waals surface area contributed by atoms with Crippen molar-refractivity contribution in [1.82, 2.24) is 15.5 Å². The quantitative estimate of drug-likeness (QED) is 0.349. The highest BCUT2D eigenvalue weighted by Gasteiger charge is 2.52. The van der Waals surface area contributed by atoms with E-state index in [-0.39, 0.29) is 22.9 Å². The average molecular weight is 431 g/mol. The Hall–Kier alpha value is -2.72. The Morgan fingerprint density at radius 1 is 1.29 bits per heavy atom. The van der Waals surface area contributed by atoms with E-state index in [4.69, 9.17) is 5.11 Å². The van der Waals surface area contributed by atoms with Crippen LogP contribution in [-0.2, 0) is 9.59 Å². The standard InChI is InChI=1S/C21H29N5O5/c1-14-10-15(26(30)31)2-3-17(14)24-6-8-25(9-7-24)20(29)18-16(19(28)23-13-27)11-21(4-5-21)12-22-18/h2-3,10,16,18,22,27H,4-9,11-13H2,1H3,(H,23,28). The number of aliphatic hydroxyl groups is 1. The van der Waals surface area contributed by atoms with E-state index in [9.17, 15) is 19.7 Å². The fraction of sp³-hybridized carbons (Fsp3) is 0.619. The van der Waals surface area contributed by atoms with Crippen molar-refractivity contribution in [3.63, 3.8) is 0 Å². The molecule has 1 saturated carbocycles. The van der Waals surface area contributed by atoms with Crippen molar-refractivity contribution in [2.24, 2.45) is 11.3 Å². The molecule has 10 nitrogen and oxygen atoms in total. The zero-order valence-electron chi connectivity index (χ0n) is 17.7. The molecular weight excluding hydrogens is 402 g/mol. The lowest BCUT2D eigenvalue weighted by Crippen LogP contribution is -2.61. The van der Waals surface area contributed by atoms with Crippen LogP contribution >= 0.6 is 0 Å². The van der Waals surface area contributed by atoms with E-state index in [0.717, 1.165) is 30.6 Å². The molecule has 3 N–H and O–H groups in total. The summed E-state index contributed by atoms with van der Waals surface area (Å²) in [5.74, 6) is -0.834. The molecule has 4 rings (SSSR count). The van der Waals surface area contributed by atoms with Gasteiger partial charge in [0, 0.05) is 50.5 Å². The predicted octanol–water partition coefficient (Wildman–Crippen LogP) is 0.376. The maximum atomic E-state index is 13.3. The highest BCUT2D eigenvalue weighted by molar-refractivity contribution is 5.90. The molecule has 2 amide bonds. The summed E-state index contributed by atoms with van der Waals surface area (Å²) in [6.07, 6.45) is 2.80. The van der Waals surface area contributed by atoms with Crippen LogP contribution in [0.1, 0.15) is 24.8 Å². The first-order chi connectivity index (χ1) is 14.8. The highest BCUT2D eigenvalue weighted by atomic mass is 16.6. The number of aliphatic hydroxyl groups excluding tert-OH is 1.